The van der Waals surface area contributed by atoms with E-state index in [-0.39, 0.29) is 38.5 Å². The van der Waals surface area contributed by atoms with Crippen LogP contribution in [0.2, 0.25) is 0 Å². The fourth-order valence-corrected chi connectivity index (χ4v) is 10.3. The van der Waals surface area contributed by atoms with Crippen molar-refractivity contribution >= 4 is 35.8 Å². The van der Waals surface area contributed by atoms with Gasteiger partial charge in [0.05, 0.1) is 0 Å². The summed E-state index contributed by atoms with van der Waals surface area (Å²) in [5.41, 5.74) is 0. The van der Waals surface area contributed by atoms with Crippen LogP contribution in [0.3, 0.4) is 0 Å². The Morgan fingerprint density at radius 3 is 0.667 bits per heavy atom. The summed E-state index contributed by atoms with van der Waals surface area (Å²) in [7, 11) is 0. The molecule has 0 heterocycles. The van der Waals surface area contributed by atoms with E-state index in [4.69, 9.17) is 28.4 Å². The van der Waals surface area contributed by atoms with Crippen LogP contribution in [-0.4, -0.2) is 73.4 Å². The van der Waals surface area contributed by atoms with Gasteiger partial charge < -0.3 is 28.4 Å². The van der Waals surface area contributed by atoms with Gasteiger partial charge in [-0.05, 0) is 57.8 Å². The molecule has 0 saturated carbocycles. The number of carbonyl (C=O) groups is 6. The van der Waals surface area contributed by atoms with E-state index < -0.39 is 73.4 Å². The number of hydrogen-bond donors (Lipinski definition) is 0. The minimum absolute atomic E-state index is 0.184. The summed E-state index contributed by atoms with van der Waals surface area (Å²) in [5, 5.41) is 0. The van der Waals surface area contributed by atoms with Crippen LogP contribution in [0, 0.1) is 0 Å². The van der Waals surface area contributed by atoms with E-state index in [0.29, 0.717) is 38.5 Å². The van der Waals surface area contributed by atoms with Gasteiger partial charge in [-0.3, -0.25) is 14.4 Å². The first-order chi connectivity index (χ1) is 39.6. The number of carbonyl (C=O) groups excluding carboxylic acids is 6. The molecule has 0 saturated heterocycles. The number of hydrogen-bond acceptors (Lipinski definition) is 12. The molecule has 0 spiro atoms. The smallest absolute Gasteiger partial charge is 0.347 e. The van der Waals surface area contributed by atoms with Crippen molar-refractivity contribution in [2.45, 2.75) is 393 Å². The van der Waals surface area contributed by atoms with E-state index in [2.05, 4.69) is 41.5 Å². The fraction of sp³-hybridized carbons (Fsp3) is 0.913. The number of unbranched alkanes of at least 4 members (excludes halogenated alkanes) is 39. The van der Waals surface area contributed by atoms with Crippen molar-refractivity contribution in [3.8, 4) is 0 Å². The molecule has 81 heavy (non-hydrogen) atoms. The first-order valence-corrected chi connectivity index (χ1v) is 34.7. The lowest BCUT2D eigenvalue weighted by Crippen LogP contribution is -2.39. The predicted octanol–water partition coefficient (Wildman–Crippen LogP) is 19.7. The monoisotopic (exact) mass is 1150 g/mol. The quantitative estimate of drug-likeness (QED) is 0.0323. The highest BCUT2D eigenvalue weighted by Crippen LogP contribution is 2.21. The van der Waals surface area contributed by atoms with E-state index in [1.807, 2.05) is 0 Å². The zero-order chi connectivity index (χ0) is 59.5. The molecular weight excluding hydrogens is 1020 g/mol. The Kier molecular flexibility index (Phi) is 57.6. The van der Waals surface area contributed by atoms with Crippen molar-refractivity contribution in [2.24, 2.45) is 0 Å². The molecule has 12 heteroatoms. The van der Waals surface area contributed by atoms with E-state index in [1.54, 1.807) is 0 Å². The maximum Gasteiger partial charge on any atom is 0.347 e. The number of rotatable bonds is 62. The van der Waals surface area contributed by atoms with E-state index in [9.17, 15) is 28.8 Å². The SMILES string of the molecule is CCCCCCCCCCC(OC(=O)CCCCCCCCC)C(=O)OCC(COC(=O)C(CCCCCCCCCC)OC(=O)CCCCCCCCC)OC(=O)C(CCCCCCCCCC)OC(=O)CCCCCCCCC. The van der Waals surface area contributed by atoms with Gasteiger partial charge in [-0.15, -0.1) is 0 Å². The summed E-state index contributed by atoms with van der Waals surface area (Å²) in [6.07, 6.45) is 43.6. The van der Waals surface area contributed by atoms with Crippen LogP contribution in [-0.2, 0) is 57.2 Å². The van der Waals surface area contributed by atoms with Crippen molar-refractivity contribution in [1.29, 1.82) is 0 Å². The molecule has 3 unspecified atom stereocenters. The first-order valence-electron chi connectivity index (χ1n) is 34.7. The van der Waals surface area contributed by atoms with Crippen LogP contribution in [0.15, 0.2) is 0 Å². The van der Waals surface area contributed by atoms with Crippen molar-refractivity contribution in [3.63, 3.8) is 0 Å². The third-order valence-corrected chi connectivity index (χ3v) is 15.6. The van der Waals surface area contributed by atoms with Gasteiger partial charge in [-0.25, -0.2) is 14.4 Å². The minimum Gasteiger partial charge on any atom is -0.459 e. The molecule has 476 valence electrons. The lowest BCUT2D eigenvalue weighted by atomic mass is 10.1. The van der Waals surface area contributed by atoms with Crippen molar-refractivity contribution in [1.82, 2.24) is 0 Å². The predicted molar refractivity (Wildman–Crippen MR) is 331 cm³/mol. The summed E-state index contributed by atoms with van der Waals surface area (Å²) < 4.78 is 35.4. The fourth-order valence-electron chi connectivity index (χ4n) is 10.3. The van der Waals surface area contributed by atoms with Crippen LogP contribution in [0.25, 0.3) is 0 Å². The van der Waals surface area contributed by atoms with Gasteiger partial charge in [-0.1, -0.05) is 292 Å². The van der Waals surface area contributed by atoms with Crippen LogP contribution in [0.4, 0.5) is 0 Å². The molecule has 0 aromatic heterocycles. The Morgan fingerprint density at radius 2 is 0.432 bits per heavy atom. The van der Waals surface area contributed by atoms with Crippen LogP contribution in [0.5, 0.6) is 0 Å². The Morgan fingerprint density at radius 1 is 0.235 bits per heavy atom. The average molecular weight is 1150 g/mol. The van der Waals surface area contributed by atoms with Crippen LogP contribution >= 0.6 is 0 Å². The van der Waals surface area contributed by atoms with Crippen molar-refractivity contribution in [2.75, 3.05) is 13.2 Å². The lowest BCUT2D eigenvalue weighted by Gasteiger charge is -2.24. The molecule has 0 rings (SSSR count). The maximum absolute atomic E-state index is 14.3. The Hall–Kier alpha value is -3.18. The Balaban J connectivity index is 6.58. The van der Waals surface area contributed by atoms with Crippen LogP contribution < -0.4 is 0 Å². The molecule has 0 aliphatic carbocycles. The van der Waals surface area contributed by atoms with Gasteiger partial charge in [0.1, 0.15) is 13.2 Å². The molecule has 0 radical (unpaired) electrons. The summed E-state index contributed by atoms with van der Waals surface area (Å²) in [5.74, 6) is -3.70. The molecule has 0 aliphatic heterocycles. The topological polar surface area (TPSA) is 158 Å². The normalized spacial score (nSPS) is 12.8. The van der Waals surface area contributed by atoms with Gasteiger partial charge in [0.25, 0.3) is 0 Å². The molecule has 3 atom stereocenters. The largest absolute Gasteiger partial charge is 0.459 e. The molecule has 0 bridgehead atoms. The van der Waals surface area contributed by atoms with Gasteiger partial charge in [0.15, 0.2) is 24.4 Å². The molecule has 12 nitrogen and oxygen atoms in total. The molecule has 0 fully saturated rings. The maximum atomic E-state index is 14.3. The van der Waals surface area contributed by atoms with E-state index in [0.717, 1.165) is 141 Å². The highest BCUT2D eigenvalue weighted by atomic mass is 16.6. The average Bonchev–Trinajstić information content (AvgIpc) is 3.46. The zero-order valence-corrected chi connectivity index (χ0v) is 53.7. The highest BCUT2D eigenvalue weighted by Gasteiger charge is 2.32. The first kappa shape index (κ1) is 77.8. The minimum atomic E-state index is -1.30. The molecule has 0 aliphatic rings. The lowest BCUT2D eigenvalue weighted by molar-refractivity contribution is -0.185. The highest BCUT2D eigenvalue weighted by molar-refractivity contribution is 5.81. The molecule has 0 aromatic carbocycles. The van der Waals surface area contributed by atoms with Crippen molar-refractivity contribution in [3.05, 3.63) is 0 Å². The van der Waals surface area contributed by atoms with Gasteiger partial charge in [-0.2, -0.15) is 0 Å². The van der Waals surface area contributed by atoms with Gasteiger partial charge in [0.2, 0.25) is 0 Å². The molecular formula is C69H128O12. The third kappa shape index (κ3) is 51.0. The third-order valence-electron chi connectivity index (χ3n) is 15.6. The second kappa shape index (κ2) is 60.0. The zero-order valence-electron chi connectivity index (χ0n) is 53.7. The Bertz CT molecular complexity index is 1400. The van der Waals surface area contributed by atoms with E-state index in [1.165, 1.54) is 109 Å². The molecule has 0 N–H and O–H groups in total. The van der Waals surface area contributed by atoms with Crippen molar-refractivity contribution < 1.29 is 57.2 Å². The Labute approximate surface area is 497 Å². The van der Waals surface area contributed by atoms with Gasteiger partial charge >= 0.3 is 35.8 Å². The second-order valence-corrected chi connectivity index (χ2v) is 23.7. The summed E-state index contributed by atoms with van der Waals surface area (Å²) >= 11 is 0. The summed E-state index contributed by atoms with van der Waals surface area (Å²) in [6, 6.07) is 0. The summed E-state index contributed by atoms with van der Waals surface area (Å²) in [6.45, 7) is 12.2. The number of esters is 6. The van der Waals surface area contributed by atoms with Crippen LogP contribution in [0.1, 0.15) is 369 Å². The summed E-state index contributed by atoms with van der Waals surface area (Å²) in [4.78, 5) is 82.3. The number of ether oxygens (including phenoxy) is 6. The van der Waals surface area contributed by atoms with Gasteiger partial charge in [0, 0.05) is 19.3 Å². The molecule has 0 amide bonds. The second-order valence-electron chi connectivity index (χ2n) is 23.7. The standard InChI is InChI=1S/C69H128O12/c1-7-13-19-25-31-37-40-46-52-61(79-64(70)55-49-43-34-28-22-16-10-4)67(73)76-58-60(78-69(75)63(54-48-42-39-33-27-21-15-9-3)81-66(72)57-51-45-36-30-24-18-12-6)59-77-68(74)62(53-47-41-38-32-26-20-14-8-2)80-65(71)56-50-44-35-29-23-17-11-5/h60-63H,7-59H2,1-6H3. The molecule has 0 aromatic rings. The van der Waals surface area contributed by atoms with E-state index >= 15 is 0 Å².